The fourth-order valence-electron chi connectivity index (χ4n) is 2.07. The minimum absolute atomic E-state index is 0.296. The molecule has 2 aromatic carbocycles. The van der Waals surface area contributed by atoms with Crippen LogP contribution >= 0.6 is 15.9 Å². The van der Waals surface area contributed by atoms with E-state index < -0.39 is 15.9 Å². The third-order valence-corrected chi connectivity index (χ3v) is 5.02. The summed E-state index contributed by atoms with van der Waals surface area (Å²) < 4.78 is 25.8. The molecule has 0 bridgehead atoms. The van der Waals surface area contributed by atoms with Crippen molar-refractivity contribution in [3.8, 4) is 0 Å². The van der Waals surface area contributed by atoms with Crippen molar-refractivity contribution in [1.29, 1.82) is 0 Å². The highest BCUT2D eigenvalue weighted by Gasteiger charge is 2.22. The molecule has 0 aromatic heterocycles. The van der Waals surface area contributed by atoms with E-state index in [2.05, 4.69) is 21.2 Å². The SMILES string of the molecule is Cc1ccccc1NC(=O)CN(c1ccccc1Br)S(C)(=O)=O. The number of nitrogens with one attached hydrogen (secondary N) is 1. The molecule has 0 aliphatic heterocycles. The quantitative estimate of drug-likeness (QED) is 0.843. The van der Waals surface area contributed by atoms with E-state index in [1.807, 2.05) is 25.1 Å². The first-order valence-electron chi connectivity index (χ1n) is 6.87. The van der Waals surface area contributed by atoms with E-state index in [0.29, 0.717) is 15.8 Å². The fourth-order valence-corrected chi connectivity index (χ4v) is 3.55. The second-order valence-electron chi connectivity index (χ2n) is 5.08. The lowest BCUT2D eigenvalue weighted by molar-refractivity contribution is -0.114. The number of halogens is 1. The standard InChI is InChI=1S/C16H17BrN2O3S/c1-12-7-3-5-9-14(12)18-16(20)11-19(23(2,21)22)15-10-6-4-8-13(15)17/h3-10H,11H2,1-2H3,(H,18,20). The lowest BCUT2D eigenvalue weighted by Gasteiger charge is -2.23. The number of rotatable bonds is 5. The van der Waals surface area contributed by atoms with Gasteiger partial charge in [-0.15, -0.1) is 0 Å². The number of amides is 1. The van der Waals surface area contributed by atoms with Crippen molar-refractivity contribution in [1.82, 2.24) is 0 Å². The van der Waals surface area contributed by atoms with Crippen molar-refractivity contribution in [2.24, 2.45) is 0 Å². The predicted molar refractivity (Wildman–Crippen MR) is 96.1 cm³/mol. The molecule has 0 unspecified atom stereocenters. The normalized spacial score (nSPS) is 11.1. The van der Waals surface area contributed by atoms with Crippen LogP contribution in [0, 0.1) is 6.92 Å². The highest BCUT2D eigenvalue weighted by Crippen LogP contribution is 2.27. The van der Waals surface area contributed by atoms with E-state index in [1.54, 1.807) is 30.3 Å². The highest BCUT2D eigenvalue weighted by molar-refractivity contribution is 9.10. The van der Waals surface area contributed by atoms with Crippen LogP contribution in [0.1, 0.15) is 5.56 Å². The summed E-state index contributed by atoms with van der Waals surface area (Å²) in [6.07, 6.45) is 1.08. The number of para-hydroxylation sites is 2. The fraction of sp³-hybridized carbons (Fsp3) is 0.188. The summed E-state index contributed by atoms with van der Waals surface area (Å²) in [5.74, 6) is -0.402. The molecule has 0 fully saturated rings. The molecule has 23 heavy (non-hydrogen) atoms. The van der Waals surface area contributed by atoms with Gasteiger partial charge in [-0.3, -0.25) is 9.10 Å². The zero-order valence-electron chi connectivity index (χ0n) is 12.8. The Labute approximate surface area is 144 Å². The Morgan fingerprint density at radius 2 is 1.74 bits per heavy atom. The molecule has 0 radical (unpaired) electrons. The Morgan fingerprint density at radius 1 is 1.13 bits per heavy atom. The van der Waals surface area contributed by atoms with Crippen LogP contribution in [-0.4, -0.2) is 27.1 Å². The van der Waals surface area contributed by atoms with Gasteiger partial charge in [-0.05, 0) is 46.6 Å². The maximum absolute atomic E-state index is 12.3. The third kappa shape index (κ3) is 4.56. The number of hydrogen-bond acceptors (Lipinski definition) is 3. The van der Waals surface area contributed by atoms with Crippen LogP contribution in [0.3, 0.4) is 0 Å². The summed E-state index contributed by atoms with van der Waals surface area (Å²) in [4.78, 5) is 12.3. The maximum Gasteiger partial charge on any atom is 0.245 e. The second-order valence-corrected chi connectivity index (χ2v) is 7.85. The van der Waals surface area contributed by atoms with Crippen molar-refractivity contribution >= 4 is 43.2 Å². The Hall–Kier alpha value is -1.86. The van der Waals surface area contributed by atoms with Gasteiger partial charge in [0, 0.05) is 10.2 Å². The average molecular weight is 397 g/mol. The highest BCUT2D eigenvalue weighted by atomic mass is 79.9. The van der Waals surface area contributed by atoms with Gasteiger partial charge in [-0.1, -0.05) is 30.3 Å². The molecule has 0 saturated carbocycles. The van der Waals surface area contributed by atoms with Crippen molar-refractivity contribution in [2.45, 2.75) is 6.92 Å². The minimum atomic E-state index is -3.60. The predicted octanol–water partition coefficient (Wildman–Crippen LogP) is 3.16. The monoisotopic (exact) mass is 396 g/mol. The molecular formula is C16H17BrN2O3S. The summed E-state index contributed by atoms with van der Waals surface area (Å²) in [6, 6.07) is 14.2. The summed E-state index contributed by atoms with van der Waals surface area (Å²) in [5.41, 5.74) is 2.00. The van der Waals surface area contributed by atoms with Crippen molar-refractivity contribution in [3.63, 3.8) is 0 Å². The first kappa shape index (κ1) is 17.5. The van der Waals surface area contributed by atoms with Gasteiger partial charge < -0.3 is 5.32 Å². The van der Waals surface area contributed by atoms with Gasteiger partial charge in [0.1, 0.15) is 6.54 Å². The Morgan fingerprint density at radius 3 is 2.35 bits per heavy atom. The molecule has 0 saturated heterocycles. The lowest BCUT2D eigenvalue weighted by atomic mass is 10.2. The molecule has 5 nitrogen and oxygen atoms in total. The number of benzene rings is 2. The first-order valence-corrected chi connectivity index (χ1v) is 9.51. The third-order valence-electron chi connectivity index (χ3n) is 3.23. The van der Waals surface area contributed by atoms with Crippen molar-refractivity contribution in [2.75, 3.05) is 22.4 Å². The molecule has 1 amide bonds. The van der Waals surface area contributed by atoms with Crippen LogP contribution in [0.25, 0.3) is 0 Å². The van der Waals surface area contributed by atoms with E-state index in [0.717, 1.165) is 16.1 Å². The van der Waals surface area contributed by atoms with Gasteiger partial charge in [0.25, 0.3) is 0 Å². The van der Waals surface area contributed by atoms with E-state index in [9.17, 15) is 13.2 Å². The maximum atomic E-state index is 12.3. The molecular weight excluding hydrogens is 380 g/mol. The number of anilines is 2. The number of hydrogen-bond donors (Lipinski definition) is 1. The van der Waals surface area contributed by atoms with Crippen LogP contribution in [0.5, 0.6) is 0 Å². The van der Waals surface area contributed by atoms with Crippen LogP contribution in [-0.2, 0) is 14.8 Å². The van der Waals surface area contributed by atoms with E-state index in [-0.39, 0.29) is 6.54 Å². The lowest BCUT2D eigenvalue weighted by Crippen LogP contribution is -2.37. The van der Waals surface area contributed by atoms with Crippen molar-refractivity contribution in [3.05, 3.63) is 58.6 Å². The van der Waals surface area contributed by atoms with Crippen LogP contribution < -0.4 is 9.62 Å². The zero-order valence-corrected chi connectivity index (χ0v) is 15.2. The number of aryl methyl sites for hydroxylation is 1. The molecule has 0 atom stereocenters. The van der Waals surface area contributed by atoms with Crippen LogP contribution in [0.2, 0.25) is 0 Å². The van der Waals surface area contributed by atoms with E-state index >= 15 is 0 Å². The average Bonchev–Trinajstić information content (AvgIpc) is 2.47. The van der Waals surface area contributed by atoms with Gasteiger partial charge in [0.05, 0.1) is 11.9 Å². The minimum Gasteiger partial charge on any atom is -0.324 e. The summed E-state index contributed by atoms with van der Waals surface area (Å²) >= 11 is 3.32. The van der Waals surface area contributed by atoms with E-state index in [1.165, 1.54) is 0 Å². The Kier molecular flexibility index (Phi) is 5.43. The second kappa shape index (κ2) is 7.14. The first-order chi connectivity index (χ1) is 10.8. The summed E-state index contributed by atoms with van der Waals surface area (Å²) in [5, 5.41) is 2.74. The number of carbonyl (C=O) groups is 1. The van der Waals surface area contributed by atoms with Gasteiger partial charge in [-0.2, -0.15) is 0 Å². The number of carbonyl (C=O) groups excluding carboxylic acids is 1. The van der Waals surface area contributed by atoms with Gasteiger partial charge in [0.2, 0.25) is 15.9 Å². The Bertz CT molecular complexity index is 822. The molecule has 0 aliphatic carbocycles. The number of sulfonamides is 1. The summed E-state index contributed by atoms with van der Waals surface area (Å²) in [6.45, 7) is 1.58. The van der Waals surface area contributed by atoms with Gasteiger partial charge in [0.15, 0.2) is 0 Å². The molecule has 0 aliphatic rings. The van der Waals surface area contributed by atoms with Crippen molar-refractivity contribution < 1.29 is 13.2 Å². The van der Waals surface area contributed by atoms with E-state index in [4.69, 9.17) is 0 Å². The summed E-state index contributed by atoms with van der Waals surface area (Å²) in [7, 11) is -3.60. The molecule has 2 aromatic rings. The molecule has 2 rings (SSSR count). The Balaban J connectivity index is 2.24. The van der Waals surface area contributed by atoms with Gasteiger partial charge in [-0.25, -0.2) is 8.42 Å². The molecule has 1 N–H and O–H groups in total. The molecule has 122 valence electrons. The molecule has 0 heterocycles. The van der Waals surface area contributed by atoms with Gasteiger partial charge >= 0.3 is 0 Å². The topological polar surface area (TPSA) is 66.5 Å². The zero-order chi connectivity index (χ0) is 17.0. The molecule has 7 heteroatoms. The smallest absolute Gasteiger partial charge is 0.245 e. The van der Waals surface area contributed by atoms with Crippen LogP contribution in [0.15, 0.2) is 53.0 Å². The van der Waals surface area contributed by atoms with Crippen LogP contribution in [0.4, 0.5) is 11.4 Å². The molecule has 0 spiro atoms. The largest absolute Gasteiger partial charge is 0.324 e. The number of nitrogens with zero attached hydrogens (tertiary/aromatic N) is 1.